The van der Waals surface area contributed by atoms with Gasteiger partial charge in [-0.1, -0.05) is 0 Å². The van der Waals surface area contributed by atoms with Gasteiger partial charge in [-0.2, -0.15) is 0 Å². The lowest BCUT2D eigenvalue weighted by Gasteiger charge is -2.35. The summed E-state index contributed by atoms with van der Waals surface area (Å²) in [5, 5.41) is 71.0. The normalized spacial score (nSPS) is 19.5. The molecule has 2 heterocycles. The number of rotatable bonds is 29. The maximum Gasteiger partial charge on any atom is 0.317 e. The van der Waals surface area contributed by atoms with Crippen LogP contribution in [0.25, 0.3) is 0 Å². The molecule has 28 nitrogen and oxygen atoms in total. The van der Waals surface area contributed by atoms with Gasteiger partial charge < -0.3 is 50.0 Å². The first-order valence-corrected chi connectivity index (χ1v) is 21.7. The van der Waals surface area contributed by atoms with Gasteiger partial charge in [0.05, 0.1) is 51.6 Å². The van der Waals surface area contributed by atoms with Crippen LogP contribution in [0.15, 0.2) is 0 Å². The monoisotopic (exact) mass is 965 g/mol. The third-order valence-electron chi connectivity index (χ3n) is 10.7. The Hall–Kier alpha value is -4.72. The molecule has 0 amide bonds. The van der Waals surface area contributed by atoms with Crippen LogP contribution in [0.4, 0.5) is 0 Å². The molecule has 2 rings (SSSR count). The van der Waals surface area contributed by atoms with E-state index in [1.165, 1.54) is 16.5 Å². The zero-order valence-electron chi connectivity index (χ0n) is 37.9. The van der Waals surface area contributed by atoms with E-state index in [0.717, 1.165) is 0 Å². The second kappa shape index (κ2) is 33.7. The second-order valence-electron chi connectivity index (χ2n) is 16.2. The number of nitrogens with zero attached hydrogens (tertiary/aromatic N) is 10. The van der Waals surface area contributed by atoms with Gasteiger partial charge in [0.15, 0.2) is 0 Å². The van der Waals surface area contributed by atoms with Gasteiger partial charge in [0.2, 0.25) is 0 Å². The SMILES string of the molecule is O=COCN1CCN(COC=O)CCN(CC(O)CN([CH]N(CC(=O)O)CC(O)CN2CCN(COC=O)CCN(CC(=O)O)CCN(CC(=O)O)CC2)CC(=O)O)CCN(CC(=O)O)CC1. The minimum atomic E-state index is -1.30. The molecule has 2 unspecified atom stereocenters. The summed E-state index contributed by atoms with van der Waals surface area (Å²) in [5.74, 6) is -5.82. The third-order valence-corrected chi connectivity index (χ3v) is 10.7. The standard InChI is InChI=1S/C39H69N10O18/c50-30-65-27-45-11-7-40(1-3-42(21-35(55)56)5-6-44(9-13-45)23-37(59)60)17-33(53)19-48(24-38(61)62)26-49(25-39(63)64)20-34(54)18-41-2-4-43(22-36(57)58)10-14-47(29-67-32-52)16-15-46(12-8-41)28-66-31-51/h26,30-34,53-54H,1-25,27-29H2,(H,55,56)(H,57,58)(H,59,60)(H,61,62)(H,63,64). The van der Waals surface area contributed by atoms with Crippen molar-refractivity contribution < 1.29 is 88.3 Å². The van der Waals surface area contributed by atoms with Gasteiger partial charge in [0.1, 0.15) is 20.2 Å². The van der Waals surface area contributed by atoms with Gasteiger partial charge in [-0.3, -0.25) is 87.4 Å². The maximum absolute atomic E-state index is 12.1. The van der Waals surface area contributed by atoms with Crippen LogP contribution in [0, 0.1) is 6.67 Å². The molecule has 67 heavy (non-hydrogen) atoms. The van der Waals surface area contributed by atoms with Crippen molar-refractivity contribution in [2.45, 2.75) is 12.2 Å². The molecule has 0 aromatic rings. The molecule has 0 aromatic heterocycles. The minimum Gasteiger partial charge on any atom is -0.480 e. The summed E-state index contributed by atoms with van der Waals surface area (Å²) in [6.07, 6.45) is -2.48. The van der Waals surface area contributed by atoms with Crippen LogP contribution in [-0.2, 0) is 52.6 Å². The number of carbonyl (C=O) groups is 8. The first-order valence-electron chi connectivity index (χ1n) is 21.7. The Kier molecular flexibility index (Phi) is 29.4. The van der Waals surface area contributed by atoms with Crippen molar-refractivity contribution in [1.82, 2.24) is 49.0 Å². The van der Waals surface area contributed by atoms with E-state index in [1.807, 2.05) is 14.7 Å². The van der Waals surface area contributed by atoms with Crippen LogP contribution in [0.2, 0.25) is 0 Å². The average molecular weight is 966 g/mol. The number of carboxylic acids is 5. The van der Waals surface area contributed by atoms with Gasteiger partial charge in [0.25, 0.3) is 19.4 Å². The van der Waals surface area contributed by atoms with E-state index < -0.39 is 55.1 Å². The number of hydrogen-bond acceptors (Lipinski definition) is 23. The quantitative estimate of drug-likeness (QED) is 0.0271. The van der Waals surface area contributed by atoms with Gasteiger partial charge in [-0.25, -0.2) is 0 Å². The van der Waals surface area contributed by atoms with Crippen LogP contribution < -0.4 is 0 Å². The Balaban J connectivity index is 2.24. The molecule has 0 saturated carbocycles. The highest BCUT2D eigenvalue weighted by molar-refractivity contribution is 5.70. The summed E-state index contributed by atoms with van der Waals surface area (Å²) in [6, 6.07) is 0. The van der Waals surface area contributed by atoms with Gasteiger partial charge in [-0.15, -0.1) is 0 Å². The summed E-state index contributed by atoms with van der Waals surface area (Å²) >= 11 is 0. The van der Waals surface area contributed by atoms with E-state index in [1.54, 1.807) is 24.5 Å². The summed E-state index contributed by atoms with van der Waals surface area (Å²) in [6.45, 7) is 3.40. The van der Waals surface area contributed by atoms with Crippen molar-refractivity contribution in [2.24, 2.45) is 0 Å². The predicted octanol–water partition coefficient (Wildman–Crippen LogP) is -6.31. The molecule has 0 aliphatic carbocycles. The fourth-order valence-corrected chi connectivity index (χ4v) is 7.50. The van der Waals surface area contributed by atoms with Crippen molar-refractivity contribution in [1.29, 1.82) is 0 Å². The van der Waals surface area contributed by atoms with Gasteiger partial charge in [-0.05, 0) is 0 Å². The molecule has 2 saturated heterocycles. The smallest absolute Gasteiger partial charge is 0.317 e. The summed E-state index contributed by atoms with van der Waals surface area (Å²) in [7, 11) is 0. The fraction of sp³-hybridized carbons (Fsp3) is 0.769. The number of hydrogen-bond donors (Lipinski definition) is 7. The van der Waals surface area contributed by atoms with Crippen LogP contribution in [-0.4, -0.2) is 330 Å². The lowest BCUT2D eigenvalue weighted by Crippen LogP contribution is -2.51. The Morgan fingerprint density at radius 3 is 0.866 bits per heavy atom. The molecule has 0 spiro atoms. The first-order chi connectivity index (χ1) is 32.0. The summed E-state index contributed by atoms with van der Waals surface area (Å²) < 4.78 is 14.9. The highest BCUT2D eigenvalue weighted by Gasteiger charge is 2.27. The van der Waals surface area contributed by atoms with Gasteiger partial charge in [0, 0.05) is 131 Å². The number of ether oxygens (including phenoxy) is 3. The Morgan fingerprint density at radius 2 is 0.642 bits per heavy atom. The van der Waals surface area contributed by atoms with Crippen molar-refractivity contribution in [3.63, 3.8) is 0 Å². The number of carbonyl (C=O) groups excluding carboxylic acids is 3. The number of aliphatic hydroxyl groups is 2. The topological polar surface area (TPSA) is 338 Å². The largest absolute Gasteiger partial charge is 0.480 e. The molecular formula is C39H69N10O18. The Labute approximate surface area is 388 Å². The van der Waals surface area contributed by atoms with Gasteiger partial charge >= 0.3 is 29.8 Å². The molecule has 2 atom stereocenters. The molecule has 0 bridgehead atoms. The third kappa shape index (κ3) is 28.3. The molecule has 2 aliphatic rings. The van der Waals surface area contributed by atoms with Crippen LogP contribution in [0.1, 0.15) is 0 Å². The van der Waals surface area contributed by atoms with Crippen LogP contribution in [0.5, 0.6) is 0 Å². The molecular weight excluding hydrogens is 896 g/mol. The summed E-state index contributed by atoms with van der Waals surface area (Å²) in [5.41, 5.74) is 0. The van der Waals surface area contributed by atoms with E-state index >= 15 is 0 Å². The van der Waals surface area contributed by atoms with Crippen molar-refractivity contribution in [3.05, 3.63) is 6.67 Å². The lowest BCUT2D eigenvalue weighted by molar-refractivity contribution is -0.141. The second-order valence-corrected chi connectivity index (χ2v) is 16.2. The lowest BCUT2D eigenvalue weighted by atomic mass is 10.2. The number of aliphatic carboxylic acids is 5. The highest BCUT2D eigenvalue weighted by atomic mass is 16.5. The van der Waals surface area contributed by atoms with E-state index in [9.17, 15) is 74.1 Å². The van der Waals surface area contributed by atoms with E-state index in [4.69, 9.17) is 14.2 Å². The van der Waals surface area contributed by atoms with E-state index in [-0.39, 0.29) is 144 Å². The summed E-state index contributed by atoms with van der Waals surface area (Å²) in [4.78, 5) is 108. The fourth-order valence-electron chi connectivity index (χ4n) is 7.50. The molecule has 383 valence electrons. The number of β-amino-alcohol motifs (C(OH)–C–C–N with tert-alkyl or cyclic N) is 2. The first kappa shape index (κ1) is 58.4. The highest BCUT2D eigenvalue weighted by Crippen LogP contribution is 2.09. The van der Waals surface area contributed by atoms with Crippen LogP contribution in [0.3, 0.4) is 0 Å². The molecule has 1 radical (unpaired) electrons. The molecule has 2 fully saturated rings. The number of carboxylic acid groups (broad SMARTS) is 5. The Bertz CT molecular complexity index is 1510. The Morgan fingerprint density at radius 1 is 0.403 bits per heavy atom. The van der Waals surface area contributed by atoms with Crippen molar-refractivity contribution in [3.8, 4) is 0 Å². The van der Waals surface area contributed by atoms with E-state index in [0.29, 0.717) is 45.7 Å². The van der Waals surface area contributed by atoms with E-state index in [2.05, 4.69) is 0 Å². The minimum absolute atomic E-state index is 0.0333. The molecule has 0 aromatic carbocycles. The van der Waals surface area contributed by atoms with Crippen molar-refractivity contribution in [2.75, 3.05) is 184 Å². The predicted molar refractivity (Wildman–Crippen MR) is 231 cm³/mol. The molecule has 28 heteroatoms. The maximum atomic E-state index is 12.1. The van der Waals surface area contributed by atoms with Crippen molar-refractivity contribution >= 4 is 49.3 Å². The average Bonchev–Trinajstić information content (AvgIpc) is 3.23. The number of aliphatic hydroxyl groups excluding tert-OH is 2. The zero-order chi connectivity index (χ0) is 49.6. The molecule has 2 aliphatic heterocycles. The molecule has 7 N–H and O–H groups in total. The van der Waals surface area contributed by atoms with Crippen LogP contribution >= 0.6 is 0 Å². The zero-order valence-corrected chi connectivity index (χ0v) is 37.9.